The molecule has 0 saturated carbocycles. The first-order valence-electron chi connectivity index (χ1n) is 7.99. The molecular formula is C20H20N2O3. The predicted octanol–water partition coefficient (Wildman–Crippen LogP) is 3.96. The van der Waals surface area contributed by atoms with E-state index in [4.69, 9.17) is 4.74 Å². The highest BCUT2D eigenvalue weighted by Gasteiger charge is 2.31. The van der Waals surface area contributed by atoms with Crippen LogP contribution in [-0.4, -0.2) is 23.2 Å². The Morgan fingerprint density at radius 3 is 2.68 bits per heavy atom. The molecule has 0 fully saturated rings. The molecule has 25 heavy (non-hydrogen) atoms. The van der Waals surface area contributed by atoms with Crippen LogP contribution in [0, 0.1) is 0 Å². The van der Waals surface area contributed by atoms with Gasteiger partial charge in [-0.15, -0.1) is 0 Å². The lowest BCUT2D eigenvalue weighted by Crippen LogP contribution is -2.29. The van der Waals surface area contributed by atoms with Crippen molar-refractivity contribution in [3.63, 3.8) is 0 Å². The molecule has 1 unspecified atom stereocenters. The van der Waals surface area contributed by atoms with Crippen molar-refractivity contribution in [2.75, 3.05) is 12.0 Å². The van der Waals surface area contributed by atoms with E-state index >= 15 is 0 Å². The molecule has 5 heteroatoms. The molecular weight excluding hydrogens is 316 g/mol. The van der Waals surface area contributed by atoms with Crippen LogP contribution in [0.3, 0.4) is 0 Å². The Hall–Kier alpha value is -3.08. The maximum atomic E-state index is 12.0. The summed E-state index contributed by atoms with van der Waals surface area (Å²) in [6.45, 7) is 3.81. The number of rotatable bonds is 4. The summed E-state index contributed by atoms with van der Waals surface area (Å²) in [7, 11) is 1.60. The van der Waals surface area contributed by atoms with Crippen LogP contribution in [0.2, 0.25) is 0 Å². The third-order valence-electron chi connectivity index (χ3n) is 4.38. The number of hydrogen-bond donors (Lipinski definition) is 1. The van der Waals surface area contributed by atoms with Gasteiger partial charge >= 0.3 is 5.97 Å². The second-order valence-electron chi connectivity index (χ2n) is 5.91. The van der Waals surface area contributed by atoms with Crippen molar-refractivity contribution in [2.45, 2.75) is 19.8 Å². The fourth-order valence-corrected chi connectivity index (χ4v) is 3.28. The molecule has 1 aromatic carbocycles. The molecule has 1 aliphatic rings. The molecule has 0 radical (unpaired) electrons. The smallest absolute Gasteiger partial charge is 0.334 e. The van der Waals surface area contributed by atoms with Gasteiger partial charge in [-0.25, -0.2) is 4.79 Å². The van der Waals surface area contributed by atoms with Gasteiger partial charge in [0.25, 0.3) is 0 Å². The zero-order valence-electron chi connectivity index (χ0n) is 14.4. The first-order chi connectivity index (χ1) is 12.0. The summed E-state index contributed by atoms with van der Waals surface area (Å²) in [6.07, 6.45) is 5.40. The van der Waals surface area contributed by atoms with E-state index in [2.05, 4.69) is 4.98 Å². The zero-order chi connectivity index (χ0) is 18.0. The van der Waals surface area contributed by atoms with E-state index in [1.54, 1.807) is 19.5 Å². The fourth-order valence-electron chi connectivity index (χ4n) is 3.28. The molecule has 1 N–H and O–H groups in total. The molecule has 2 heterocycles. The summed E-state index contributed by atoms with van der Waals surface area (Å²) in [6, 6.07) is 11.3. The number of benzene rings is 1. The number of carboxylic acid groups (broad SMARTS) is 1. The van der Waals surface area contributed by atoms with Crippen LogP contribution < -0.4 is 9.64 Å². The highest BCUT2D eigenvalue weighted by Crippen LogP contribution is 2.39. The van der Waals surface area contributed by atoms with Crippen molar-refractivity contribution in [3.05, 3.63) is 77.4 Å². The Labute approximate surface area is 146 Å². The van der Waals surface area contributed by atoms with E-state index in [9.17, 15) is 9.90 Å². The summed E-state index contributed by atoms with van der Waals surface area (Å²) in [4.78, 5) is 18.1. The highest BCUT2D eigenvalue weighted by atomic mass is 16.5. The lowest BCUT2D eigenvalue weighted by atomic mass is 9.86. The normalized spacial score (nSPS) is 17.3. The Morgan fingerprint density at radius 1 is 1.24 bits per heavy atom. The summed E-state index contributed by atoms with van der Waals surface area (Å²) >= 11 is 0. The molecule has 128 valence electrons. The number of pyridine rings is 1. The molecule has 1 aromatic heterocycles. The topological polar surface area (TPSA) is 62.7 Å². The third kappa shape index (κ3) is 3.13. The van der Waals surface area contributed by atoms with Crippen LogP contribution in [0.25, 0.3) is 0 Å². The number of methoxy groups -OCH3 is 1. The van der Waals surface area contributed by atoms with Gasteiger partial charge < -0.3 is 14.7 Å². The molecule has 1 atom stereocenters. The van der Waals surface area contributed by atoms with E-state index in [1.807, 2.05) is 61.2 Å². The minimum atomic E-state index is -0.928. The van der Waals surface area contributed by atoms with Crippen LogP contribution in [0.4, 0.5) is 5.69 Å². The quantitative estimate of drug-likeness (QED) is 0.916. The molecule has 3 rings (SSSR count). The van der Waals surface area contributed by atoms with Crippen LogP contribution in [0.5, 0.6) is 5.75 Å². The Bertz CT molecular complexity index is 856. The van der Waals surface area contributed by atoms with E-state index < -0.39 is 5.97 Å². The standard InChI is InChI=1S/C20H20N2O3/c1-13-10-18(15-6-4-8-17(11-15)25-3)19(20(23)24)14(2)22(13)16-7-5-9-21-12-16/h4-12,18H,1-3H3,(H,23,24). The van der Waals surface area contributed by atoms with Crippen LogP contribution in [0.15, 0.2) is 71.8 Å². The summed E-state index contributed by atoms with van der Waals surface area (Å²) in [5, 5.41) is 9.86. The number of nitrogens with zero attached hydrogens (tertiary/aromatic N) is 2. The summed E-state index contributed by atoms with van der Waals surface area (Å²) in [5.74, 6) is -0.552. The second kappa shape index (κ2) is 6.81. The maximum absolute atomic E-state index is 12.0. The number of hydrogen-bond acceptors (Lipinski definition) is 4. The fraction of sp³-hybridized carbons (Fsp3) is 0.200. The SMILES string of the molecule is COc1cccc(C2C=C(C)N(c3cccnc3)C(C)=C2C(=O)O)c1. The molecule has 1 aliphatic heterocycles. The molecule has 0 amide bonds. The van der Waals surface area contributed by atoms with E-state index in [0.29, 0.717) is 17.0 Å². The molecule has 0 aliphatic carbocycles. The lowest BCUT2D eigenvalue weighted by molar-refractivity contribution is -0.133. The van der Waals surface area contributed by atoms with Crippen LogP contribution >= 0.6 is 0 Å². The molecule has 2 aromatic rings. The van der Waals surface area contributed by atoms with Crippen LogP contribution in [-0.2, 0) is 4.79 Å². The average molecular weight is 336 g/mol. The Kier molecular flexibility index (Phi) is 4.57. The number of aromatic nitrogens is 1. The molecule has 0 bridgehead atoms. The number of carboxylic acids is 1. The summed E-state index contributed by atoms with van der Waals surface area (Å²) in [5.41, 5.74) is 3.73. The van der Waals surface area contributed by atoms with Crippen LogP contribution in [0.1, 0.15) is 25.3 Å². The van der Waals surface area contributed by atoms with Gasteiger partial charge in [0.15, 0.2) is 0 Å². The summed E-state index contributed by atoms with van der Waals surface area (Å²) < 4.78 is 5.28. The second-order valence-corrected chi connectivity index (χ2v) is 5.91. The van der Waals surface area contributed by atoms with Gasteiger partial charge in [-0.1, -0.05) is 18.2 Å². The predicted molar refractivity (Wildman–Crippen MR) is 96.5 cm³/mol. The molecule has 5 nitrogen and oxygen atoms in total. The lowest BCUT2D eigenvalue weighted by Gasteiger charge is -2.34. The van der Waals surface area contributed by atoms with E-state index in [-0.39, 0.29) is 5.92 Å². The van der Waals surface area contributed by atoms with Gasteiger partial charge in [-0.05, 0) is 43.7 Å². The first kappa shape index (κ1) is 16.8. The van der Waals surface area contributed by atoms with Gasteiger partial charge in [0.05, 0.1) is 24.6 Å². The van der Waals surface area contributed by atoms with Gasteiger partial charge in [-0.2, -0.15) is 0 Å². The number of aliphatic carboxylic acids is 1. The number of anilines is 1. The number of allylic oxidation sites excluding steroid dienone is 3. The van der Waals surface area contributed by atoms with Gasteiger partial charge in [-0.3, -0.25) is 4.98 Å². The van der Waals surface area contributed by atoms with Gasteiger partial charge in [0.1, 0.15) is 5.75 Å². The Morgan fingerprint density at radius 2 is 2.04 bits per heavy atom. The molecule has 0 saturated heterocycles. The minimum Gasteiger partial charge on any atom is -0.497 e. The van der Waals surface area contributed by atoms with Gasteiger partial charge in [0, 0.05) is 23.5 Å². The average Bonchev–Trinajstić information content (AvgIpc) is 2.61. The van der Waals surface area contributed by atoms with E-state index in [1.165, 1.54) is 0 Å². The third-order valence-corrected chi connectivity index (χ3v) is 4.38. The monoisotopic (exact) mass is 336 g/mol. The van der Waals surface area contributed by atoms with Gasteiger partial charge in [0.2, 0.25) is 0 Å². The van der Waals surface area contributed by atoms with Crippen molar-refractivity contribution >= 4 is 11.7 Å². The number of ether oxygens (including phenoxy) is 1. The minimum absolute atomic E-state index is 0.333. The van der Waals surface area contributed by atoms with E-state index in [0.717, 1.165) is 16.9 Å². The van der Waals surface area contributed by atoms with Crippen molar-refractivity contribution in [2.24, 2.45) is 0 Å². The zero-order valence-corrected chi connectivity index (χ0v) is 14.4. The number of carbonyl (C=O) groups is 1. The molecule has 0 spiro atoms. The van der Waals surface area contributed by atoms with Crippen molar-refractivity contribution in [1.82, 2.24) is 4.98 Å². The first-order valence-corrected chi connectivity index (χ1v) is 7.99. The van der Waals surface area contributed by atoms with Crippen molar-refractivity contribution in [1.29, 1.82) is 0 Å². The van der Waals surface area contributed by atoms with Crippen molar-refractivity contribution in [3.8, 4) is 5.75 Å². The van der Waals surface area contributed by atoms with Crippen molar-refractivity contribution < 1.29 is 14.6 Å². The largest absolute Gasteiger partial charge is 0.497 e. The Balaban J connectivity index is 2.12. The maximum Gasteiger partial charge on any atom is 0.334 e. The highest BCUT2D eigenvalue weighted by molar-refractivity contribution is 5.92.